The van der Waals surface area contributed by atoms with E-state index in [0.717, 1.165) is 22.8 Å². The number of carbonyl (C=O) groups excluding carboxylic acids is 2. The summed E-state index contributed by atoms with van der Waals surface area (Å²) >= 11 is 0. The van der Waals surface area contributed by atoms with Crippen LogP contribution in [0.25, 0.3) is 0 Å². The van der Waals surface area contributed by atoms with Crippen molar-refractivity contribution in [2.24, 2.45) is 10.2 Å². The van der Waals surface area contributed by atoms with Gasteiger partial charge in [0.1, 0.15) is 0 Å². The molecular weight excluding hydrogens is 428 g/mol. The first-order chi connectivity index (χ1) is 16.5. The van der Waals surface area contributed by atoms with Crippen LogP contribution in [0, 0.1) is 0 Å². The molecule has 34 heavy (non-hydrogen) atoms. The van der Waals surface area contributed by atoms with E-state index in [1.807, 2.05) is 72.8 Å². The Morgan fingerprint density at radius 1 is 0.676 bits per heavy atom. The lowest BCUT2D eigenvalue weighted by Gasteiger charge is -2.16. The summed E-state index contributed by atoms with van der Waals surface area (Å²) in [5.74, 6) is -0.248. The van der Waals surface area contributed by atoms with Gasteiger partial charge >= 0.3 is 0 Å². The highest BCUT2D eigenvalue weighted by molar-refractivity contribution is 6.01. The summed E-state index contributed by atoms with van der Waals surface area (Å²) in [7, 11) is 0. The van der Waals surface area contributed by atoms with E-state index in [1.54, 1.807) is 13.8 Å². The Bertz CT molecular complexity index is 1020. The molecule has 2 amide bonds. The van der Waals surface area contributed by atoms with Crippen LogP contribution in [0.4, 0.5) is 11.4 Å². The van der Waals surface area contributed by atoms with E-state index in [2.05, 4.69) is 31.7 Å². The van der Waals surface area contributed by atoms with Crippen molar-refractivity contribution in [3.8, 4) is 0 Å². The van der Waals surface area contributed by atoms with E-state index >= 15 is 0 Å². The molecule has 0 aliphatic heterocycles. The van der Waals surface area contributed by atoms with Gasteiger partial charge in [0.15, 0.2) is 0 Å². The molecule has 0 unspecified atom stereocenters. The number of allylic oxidation sites excluding steroid dienone is 4. The molecule has 0 saturated heterocycles. The first-order valence-electron chi connectivity index (χ1n) is 11.2. The third kappa shape index (κ3) is 8.74. The largest absolute Gasteiger partial charge is 0.329 e. The molecule has 2 aromatic rings. The van der Waals surface area contributed by atoms with Crippen LogP contribution < -0.4 is 21.5 Å². The van der Waals surface area contributed by atoms with Crippen LogP contribution in [0.5, 0.6) is 0 Å². The van der Waals surface area contributed by atoms with Crippen LogP contribution in [0.1, 0.15) is 39.5 Å². The molecular formula is C26H30N6O2. The fourth-order valence-electron chi connectivity index (χ4n) is 3.18. The summed E-state index contributed by atoms with van der Waals surface area (Å²) in [5, 5.41) is 14.3. The zero-order chi connectivity index (χ0) is 24.2. The topological polar surface area (TPSA) is 107 Å². The molecule has 0 bridgehead atoms. The summed E-state index contributed by atoms with van der Waals surface area (Å²) in [5.41, 5.74) is 10.6. The van der Waals surface area contributed by atoms with Crippen LogP contribution in [0.3, 0.4) is 0 Å². The summed E-state index contributed by atoms with van der Waals surface area (Å²) in [6.45, 7) is 3.61. The minimum atomic E-state index is -0.124. The van der Waals surface area contributed by atoms with Gasteiger partial charge < -0.3 is 10.6 Å². The van der Waals surface area contributed by atoms with Gasteiger partial charge in [-0.25, -0.2) is 0 Å². The van der Waals surface area contributed by atoms with E-state index in [4.69, 9.17) is 0 Å². The maximum absolute atomic E-state index is 12.3. The second-order valence-electron chi connectivity index (χ2n) is 7.98. The number of anilines is 2. The zero-order valence-electron chi connectivity index (χ0n) is 19.5. The Balaban J connectivity index is 1.41. The smallest absolute Gasteiger partial charge is 0.229 e. The van der Waals surface area contributed by atoms with Crippen molar-refractivity contribution >= 4 is 34.6 Å². The highest BCUT2D eigenvalue weighted by atomic mass is 16.2. The van der Waals surface area contributed by atoms with Crippen LogP contribution in [0.15, 0.2) is 94.4 Å². The number of para-hydroxylation sites is 2. The van der Waals surface area contributed by atoms with Crippen molar-refractivity contribution in [1.29, 1.82) is 0 Å². The molecule has 3 rings (SSSR count). The van der Waals surface area contributed by atoms with Crippen molar-refractivity contribution in [1.82, 2.24) is 10.6 Å². The number of rotatable bonds is 10. The van der Waals surface area contributed by atoms with Crippen LogP contribution in [-0.4, -0.2) is 23.2 Å². The lowest BCUT2D eigenvalue weighted by Crippen LogP contribution is -2.28. The summed E-state index contributed by atoms with van der Waals surface area (Å²) in [6.07, 6.45) is 5.31. The van der Waals surface area contributed by atoms with Gasteiger partial charge in [0.05, 0.1) is 24.2 Å². The Labute approximate surface area is 199 Å². The number of nitrogens with zero attached hydrogens (tertiary/aromatic N) is 2. The average molecular weight is 459 g/mol. The lowest BCUT2D eigenvalue weighted by molar-refractivity contribution is -0.120. The molecule has 0 saturated carbocycles. The summed E-state index contributed by atoms with van der Waals surface area (Å²) < 4.78 is 0. The molecule has 0 heterocycles. The number of hydrazone groups is 2. The van der Waals surface area contributed by atoms with E-state index in [0.29, 0.717) is 24.3 Å². The Hall–Kier alpha value is -4.20. The van der Waals surface area contributed by atoms with Gasteiger partial charge in [-0.3, -0.25) is 20.4 Å². The molecule has 4 N–H and O–H groups in total. The normalized spacial score (nSPS) is 13.9. The van der Waals surface area contributed by atoms with Crippen molar-refractivity contribution in [2.75, 3.05) is 10.9 Å². The van der Waals surface area contributed by atoms with Crippen LogP contribution in [-0.2, 0) is 9.59 Å². The predicted molar refractivity (Wildman–Crippen MR) is 137 cm³/mol. The molecule has 8 nitrogen and oxygen atoms in total. The number of benzene rings is 2. The quantitative estimate of drug-likeness (QED) is 0.310. The standard InChI is InChI=1S/C26H30N6O2/c1-19(29-31-23-9-5-3-6-10-23)17-25(33)27-21-13-15-22(16-14-21)28-26(34)18-20(2)30-32-24-11-7-4-8-12-24/h3-13,15,31-32H,14,16-18H2,1-2H3,(H,27,33)(H,28,34)/b29-19-,30-20-. The molecule has 0 aromatic heterocycles. The highest BCUT2D eigenvalue weighted by Crippen LogP contribution is 2.15. The Morgan fingerprint density at radius 2 is 1.06 bits per heavy atom. The molecule has 8 heteroatoms. The first-order valence-corrected chi connectivity index (χ1v) is 11.2. The Kier molecular flexibility index (Phi) is 9.16. The first kappa shape index (κ1) is 24.4. The zero-order valence-corrected chi connectivity index (χ0v) is 19.5. The SMILES string of the molecule is C/C(CC(=O)NC1=CC=C(NC(=O)C/C(C)=N\Nc2ccccc2)CC1)=N/Nc1ccccc1. The fraction of sp³-hybridized carbons (Fsp3) is 0.231. The van der Waals surface area contributed by atoms with E-state index in [-0.39, 0.29) is 24.7 Å². The second-order valence-corrected chi connectivity index (χ2v) is 7.98. The van der Waals surface area contributed by atoms with Gasteiger partial charge in [-0.1, -0.05) is 36.4 Å². The summed E-state index contributed by atoms with van der Waals surface area (Å²) in [6, 6.07) is 19.1. The molecule has 0 radical (unpaired) electrons. The van der Waals surface area contributed by atoms with Gasteiger partial charge in [0, 0.05) is 22.8 Å². The maximum atomic E-state index is 12.3. The van der Waals surface area contributed by atoms with Crippen molar-refractivity contribution < 1.29 is 9.59 Å². The Morgan fingerprint density at radius 3 is 1.41 bits per heavy atom. The van der Waals surface area contributed by atoms with E-state index < -0.39 is 0 Å². The predicted octanol–water partition coefficient (Wildman–Crippen LogP) is 4.54. The number of amides is 2. The second kappa shape index (κ2) is 12.7. The van der Waals surface area contributed by atoms with E-state index in [1.165, 1.54) is 0 Å². The van der Waals surface area contributed by atoms with Crippen molar-refractivity contribution in [3.05, 3.63) is 84.2 Å². The third-order valence-electron chi connectivity index (χ3n) is 4.88. The average Bonchev–Trinajstić information content (AvgIpc) is 2.84. The molecule has 2 aromatic carbocycles. The molecule has 0 spiro atoms. The van der Waals surface area contributed by atoms with E-state index in [9.17, 15) is 9.59 Å². The number of hydrogen-bond donors (Lipinski definition) is 4. The number of carbonyl (C=O) groups is 2. The van der Waals surface area contributed by atoms with Gasteiger partial charge in [-0.2, -0.15) is 10.2 Å². The minimum Gasteiger partial charge on any atom is -0.329 e. The molecule has 1 aliphatic rings. The number of hydrogen-bond acceptors (Lipinski definition) is 6. The monoisotopic (exact) mass is 458 g/mol. The van der Waals surface area contributed by atoms with Crippen molar-refractivity contribution in [2.45, 2.75) is 39.5 Å². The highest BCUT2D eigenvalue weighted by Gasteiger charge is 2.13. The lowest BCUT2D eigenvalue weighted by atomic mass is 10.1. The van der Waals surface area contributed by atoms with Gasteiger partial charge in [-0.05, 0) is 63.1 Å². The third-order valence-corrected chi connectivity index (χ3v) is 4.88. The van der Waals surface area contributed by atoms with Gasteiger partial charge in [0.25, 0.3) is 0 Å². The van der Waals surface area contributed by atoms with Gasteiger partial charge in [0.2, 0.25) is 11.8 Å². The van der Waals surface area contributed by atoms with Crippen LogP contribution in [0.2, 0.25) is 0 Å². The maximum Gasteiger partial charge on any atom is 0.229 e. The number of nitrogens with one attached hydrogen (secondary N) is 4. The van der Waals surface area contributed by atoms with Crippen LogP contribution >= 0.6 is 0 Å². The molecule has 0 fully saturated rings. The minimum absolute atomic E-state index is 0.124. The fourth-order valence-corrected chi connectivity index (χ4v) is 3.18. The molecule has 176 valence electrons. The van der Waals surface area contributed by atoms with Crippen molar-refractivity contribution in [3.63, 3.8) is 0 Å². The van der Waals surface area contributed by atoms with Gasteiger partial charge in [-0.15, -0.1) is 0 Å². The molecule has 1 aliphatic carbocycles. The molecule has 0 atom stereocenters. The summed E-state index contributed by atoms with van der Waals surface area (Å²) in [4.78, 5) is 24.6.